The van der Waals surface area contributed by atoms with Gasteiger partial charge in [0.25, 0.3) is 0 Å². The number of halogens is 1. The first kappa shape index (κ1) is 13.1. The van der Waals surface area contributed by atoms with E-state index in [0.717, 1.165) is 0 Å². The van der Waals surface area contributed by atoms with Gasteiger partial charge in [-0.25, -0.2) is 0 Å². The van der Waals surface area contributed by atoms with Gasteiger partial charge < -0.3 is 0 Å². The molecule has 0 radical (unpaired) electrons. The molecule has 0 amide bonds. The first-order valence-corrected chi connectivity index (χ1v) is 3.32. The summed E-state index contributed by atoms with van der Waals surface area (Å²) < 4.78 is 0. The van der Waals surface area contributed by atoms with Crippen LogP contribution in [0.1, 0.15) is 25.7 Å². The van der Waals surface area contributed by atoms with Crippen molar-refractivity contribution in [2.45, 2.75) is 25.7 Å². The molecule has 1 aliphatic rings. The van der Waals surface area contributed by atoms with Gasteiger partial charge in [-0.15, -0.1) is 12.4 Å². The van der Waals surface area contributed by atoms with E-state index in [1.54, 1.807) is 0 Å². The molecule has 0 aromatic rings. The fourth-order valence-corrected chi connectivity index (χ4v) is 0.874. The molecule has 62 valence electrons. The minimum Gasteiger partial charge on any atom is -0.147 e. The first-order chi connectivity index (χ1) is 4.00. The van der Waals surface area contributed by atoms with E-state index in [1.807, 2.05) is 0 Å². The van der Waals surface area contributed by atoms with E-state index in [2.05, 4.69) is 24.3 Å². The third-order valence-corrected chi connectivity index (χ3v) is 1.37. The Kier molecular flexibility index (Phi) is 12.4. The molecule has 0 atom stereocenters. The van der Waals surface area contributed by atoms with E-state index in [0.29, 0.717) is 0 Å². The number of hydrogen-bond donors (Lipinski definition) is 0. The smallest absolute Gasteiger partial charge is 0 e. The minimum atomic E-state index is 0. The summed E-state index contributed by atoms with van der Waals surface area (Å²) in [6.07, 6.45) is 14.0. The SMILES string of the molecule is C1=CCCCCC=C1.Cl.[Pt]. The number of allylic oxidation sites excluding steroid dienone is 4. The molecular formula is C8H13ClPt. The van der Waals surface area contributed by atoms with Crippen molar-refractivity contribution in [1.82, 2.24) is 0 Å². The summed E-state index contributed by atoms with van der Waals surface area (Å²) in [6.45, 7) is 0. The fraction of sp³-hybridized carbons (Fsp3) is 0.500. The largest absolute Gasteiger partial charge is 0.147 e. The van der Waals surface area contributed by atoms with Gasteiger partial charge in [0.1, 0.15) is 0 Å². The van der Waals surface area contributed by atoms with E-state index < -0.39 is 0 Å². The molecule has 0 unspecified atom stereocenters. The summed E-state index contributed by atoms with van der Waals surface area (Å²) in [5.74, 6) is 0. The molecule has 0 spiro atoms. The predicted octanol–water partition coefficient (Wildman–Crippen LogP) is 3.09. The van der Waals surface area contributed by atoms with Crippen LogP contribution in [0.5, 0.6) is 0 Å². The Labute approximate surface area is 83.4 Å². The molecule has 2 heteroatoms. The molecule has 0 fully saturated rings. The van der Waals surface area contributed by atoms with Crippen LogP contribution >= 0.6 is 12.4 Å². The van der Waals surface area contributed by atoms with E-state index in [9.17, 15) is 0 Å². The average molecular weight is 340 g/mol. The van der Waals surface area contributed by atoms with Crippen LogP contribution in [0.3, 0.4) is 0 Å². The third-order valence-electron chi connectivity index (χ3n) is 1.37. The molecule has 0 heterocycles. The third kappa shape index (κ3) is 6.58. The Morgan fingerprint density at radius 2 is 1.20 bits per heavy atom. The van der Waals surface area contributed by atoms with Crippen LogP contribution in [-0.2, 0) is 21.1 Å². The van der Waals surface area contributed by atoms with E-state index in [4.69, 9.17) is 0 Å². The Morgan fingerprint density at radius 3 is 1.60 bits per heavy atom. The van der Waals surface area contributed by atoms with Crippen LogP contribution < -0.4 is 0 Å². The zero-order chi connectivity index (χ0) is 5.66. The molecule has 0 N–H and O–H groups in total. The maximum atomic E-state index is 2.23. The van der Waals surface area contributed by atoms with Crippen LogP contribution in [-0.4, -0.2) is 0 Å². The number of rotatable bonds is 0. The molecule has 0 aliphatic heterocycles. The maximum absolute atomic E-state index is 2.23. The van der Waals surface area contributed by atoms with Crippen LogP contribution in [0.4, 0.5) is 0 Å². The van der Waals surface area contributed by atoms with Crippen molar-refractivity contribution in [3.05, 3.63) is 24.3 Å². The predicted molar refractivity (Wildman–Crippen MR) is 44.0 cm³/mol. The van der Waals surface area contributed by atoms with Crippen LogP contribution in [0.15, 0.2) is 24.3 Å². The van der Waals surface area contributed by atoms with Crippen molar-refractivity contribution < 1.29 is 21.1 Å². The molecular weight excluding hydrogens is 327 g/mol. The van der Waals surface area contributed by atoms with Crippen molar-refractivity contribution in [1.29, 1.82) is 0 Å². The molecule has 0 bridgehead atoms. The van der Waals surface area contributed by atoms with E-state index in [1.165, 1.54) is 25.7 Å². The zero-order valence-electron chi connectivity index (χ0n) is 5.86. The molecule has 0 saturated heterocycles. The van der Waals surface area contributed by atoms with Gasteiger partial charge in [0, 0.05) is 21.1 Å². The van der Waals surface area contributed by atoms with E-state index in [-0.39, 0.29) is 33.5 Å². The molecule has 0 nitrogen and oxygen atoms in total. The van der Waals surface area contributed by atoms with E-state index >= 15 is 0 Å². The zero-order valence-corrected chi connectivity index (χ0v) is 8.95. The second kappa shape index (κ2) is 9.46. The van der Waals surface area contributed by atoms with Gasteiger partial charge in [-0.3, -0.25) is 0 Å². The van der Waals surface area contributed by atoms with Crippen molar-refractivity contribution >= 4 is 12.4 Å². The average Bonchev–Trinajstić information content (AvgIpc) is 1.62. The second-order valence-electron chi connectivity index (χ2n) is 2.14. The van der Waals surface area contributed by atoms with Gasteiger partial charge in [0.15, 0.2) is 0 Å². The summed E-state index contributed by atoms with van der Waals surface area (Å²) in [6, 6.07) is 0. The molecule has 1 rings (SSSR count). The monoisotopic (exact) mass is 339 g/mol. The summed E-state index contributed by atoms with van der Waals surface area (Å²) in [5, 5.41) is 0. The molecule has 1 aliphatic carbocycles. The molecule has 0 aromatic heterocycles. The van der Waals surface area contributed by atoms with Crippen LogP contribution in [0, 0.1) is 0 Å². The van der Waals surface area contributed by atoms with Gasteiger partial charge in [-0.2, -0.15) is 0 Å². The van der Waals surface area contributed by atoms with Crippen molar-refractivity contribution in [2.75, 3.05) is 0 Å². The van der Waals surface area contributed by atoms with Gasteiger partial charge in [0.05, 0.1) is 0 Å². The number of hydrogen-bond acceptors (Lipinski definition) is 0. The van der Waals surface area contributed by atoms with Crippen molar-refractivity contribution in [2.24, 2.45) is 0 Å². The fourth-order valence-electron chi connectivity index (χ4n) is 0.874. The minimum absolute atomic E-state index is 0. The molecule has 0 saturated carbocycles. The molecule has 0 aromatic carbocycles. The topological polar surface area (TPSA) is 0 Å². The van der Waals surface area contributed by atoms with Gasteiger partial charge >= 0.3 is 0 Å². The summed E-state index contributed by atoms with van der Waals surface area (Å²) in [5.41, 5.74) is 0. The van der Waals surface area contributed by atoms with Crippen LogP contribution in [0.2, 0.25) is 0 Å². The Bertz CT molecular complexity index is 93.8. The first-order valence-electron chi connectivity index (χ1n) is 3.32. The summed E-state index contributed by atoms with van der Waals surface area (Å²) in [7, 11) is 0. The second-order valence-corrected chi connectivity index (χ2v) is 2.14. The Hall–Kier alpha value is 0.458. The molecule has 10 heavy (non-hydrogen) atoms. The summed E-state index contributed by atoms with van der Waals surface area (Å²) >= 11 is 0. The maximum Gasteiger partial charge on any atom is 0 e. The normalized spacial score (nSPS) is 16.0. The standard InChI is InChI=1S/C8H12.ClH.Pt/c1-2-4-6-8-7-5-3-1;;/h1-4H,5-8H2;1H;. The Balaban J connectivity index is 0. The van der Waals surface area contributed by atoms with Gasteiger partial charge in [-0.1, -0.05) is 24.3 Å². The Morgan fingerprint density at radius 1 is 0.800 bits per heavy atom. The van der Waals surface area contributed by atoms with Crippen molar-refractivity contribution in [3.63, 3.8) is 0 Å². The van der Waals surface area contributed by atoms with Gasteiger partial charge in [-0.05, 0) is 25.7 Å². The summed E-state index contributed by atoms with van der Waals surface area (Å²) in [4.78, 5) is 0. The van der Waals surface area contributed by atoms with Crippen molar-refractivity contribution in [3.8, 4) is 0 Å². The van der Waals surface area contributed by atoms with Gasteiger partial charge in [0.2, 0.25) is 0 Å². The quantitative estimate of drug-likeness (QED) is 0.636. The van der Waals surface area contributed by atoms with Crippen LogP contribution in [0.25, 0.3) is 0 Å².